The molecular formula is C24H24N4O2. The maximum Gasteiger partial charge on any atom is 0.224 e. The molecule has 4 rings (SSSR count). The highest BCUT2D eigenvalue weighted by Gasteiger charge is 2.15. The van der Waals surface area contributed by atoms with Crippen LogP contribution in [-0.2, 0) is 11.2 Å². The van der Waals surface area contributed by atoms with E-state index in [1.807, 2.05) is 79.0 Å². The van der Waals surface area contributed by atoms with Gasteiger partial charge in [0.15, 0.2) is 5.65 Å². The van der Waals surface area contributed by atoms with Gasteiger partial charge in [0, 0.05) is 29.4 Å². The molecule has 2 aromatic carbocycles. The summed E-state index contributed by atoms with van der Waals surface area (Å²) in [6.45, 7) is 4.01. The van der Waals surface area contributed by atoms with E-state index in [9.17, 15) is 4.79 Å². The molecule has 152 valence electrons. The van der Waals surface area contributed by atoms with Gasteiger partial charge in [-0.2, -0.15) is 5.10 Å². The Labute approximate surface area is 175 Å². The maximum atomic E-state index is 12.5. The molecule has 2 aromatic heterocycles. The highest BCUT2D eigenvalue weighted by molar-refractivity contribution is 5.92. The third-order valence-corrected chi connectivity index (χ3v) is 5.22. The average Bonchev–Trinajstić information content (AvgIpc) is 3.19. The fourth-order valence-electron chi connectivity index (χ4n) is 3.64. The Balaban J connectivity index is 1.54. The Morgan fingerprint density at radius 2 is 1.80 bits per heavy atom. The fourth-order valence-corrected chi connectivity index (χ4v) is 3.64. The molecule has 2 heterocycles. The Bertz CT molecular complexity index is 1200. The number of aryl methyl sites for hydroxylation is 2. The number of rotatable bonds is 6. The van der Waals surface area contributed by atoms with E-state index in [1.54, 1.807) is 7.11 Å². The molecule has 0 spiro atoms. The molecule has 30 heavy (non-hydrogen) atoms. The lowest BCUT2D eigenvalue weighted by atomic mass is 10.1. The van der Waals surface area contributed by atoms with Gasteiger partial charge in [0.05, 0.1) is 18.5 Å². The largest absolute Gasteiger partial charge is 0.495 e. The number of amides is 1. The number of methoxy groups -OCH3 is 1. The van der Waals surface area contributed by atoms with Gasteiger partial charge in [0.1, 0.15) is 5.75 Å². The summed E-state index contributed by atoms with van der Waals surface area (Å²) in [4.78, 5) is 17.2. The number of nitrogens with one attached hydrogen (secondary N) is 1. The fraction of sp³-hybridized carbons (Fsp3) is 0.208. The number of benzene rings is 2. The van der Waals surface area contributed by atoms with Crippen LogP contribution in [-0.4, -0.2) is 27.6 Å². The average molecular weight is 400 g/mol. The molecule has 0 unspecified atom stereocenters. The van der Waals surface area contributed by atoms with E-state index in [4.69, 9.17) is 14.8 Å². The molecule has 6 nitrogen and oxygen atoms in total. The van der Waals surface area contributed by atoms with E-state index in [0.29, 0.717) is 24.3 Å². The van der Waals surface area contributed by atoms with Crippen molar-refractivity contribution in [2.45, 2.75) is 26.7 Å². The van der Waals surface area contributed by atoms with Crippen molar-refractivity contribution in [1.82, 2.24) is 14.6 Å². The van der Waals surface area contributed by atoms with Gasteiger partial charge in [-0.1, -0.05) is 42.5 Å². The number of ether oxygens (including phenoxy) is 1. The zero-order chi connectivity index (χ0) is 21.1. The summed E-state index contributed by atoms with van der Waals surface area (Å²) in [6, 6.07) is 19.4. The van der Waals surface area contributed by atoms with Crippen LogP contribution in [0.25, 0.3) is 16.9 Å². The maximum absolute atomic E-state index is 12.5. The van der Waals surface area contributed by atoms with Crippen molar-refractivity contribution in [3.05, 3.63) is 77.6 Å². The lowest BCUT2D eigenvalue weighted by Crippen LogP contribution is -2.14. The van der Waals surface area contributed by atoms with Gasteiger partial charge in [0.25, 0.3) is 0 Å². The molecule has 1 amide bonds. The van der Waals surface area contributed by atoms with E-state index >= 15 is 0 Å². The Kier molecular flexibility index (Phi) is 5.48. The van der Waals surface area contributed by atoms with Gasteiger partial charge < -0.3 is 10.1 Å². The number of fused-ring (bicyclic) bond motifs is 1. The summed E-state index contributed by atoms with van der Waals surface area (Å²) in [5.74, 6) is 0.579. The number of hydrogen-bond donors (Lipinski definition) is 1. The van der Waals surface area contributed by atoms with Crippen molar-refractivity contribution in [2.24, 2.45) is 0 Å². The molecule has 6 heteroatoms. The molecule has 0 aliphatic heterocycles. The smallest absolute Gasteiger partial charge is 0.224 e. The third kappa shape index (κ3) is 3.89. The van der Waals surface area contributed by atoms with Crippen LogP contribution < -0.4 is 10.1 Å². The number of carbonyl (C=O) groups is 1. The normalized spacial score (nSPS) is 10.9. The third-order valence-electron chi connectivity index (χ3n) is 5.22. The minimum atomic E-state index is -0.0659. The first kappa shape index (κ1) is 19.6. The summed E-state index contributed by atoms with van der Waals surface area (Å²) < 4.78 is 7.16. The molecule has 0 aliphatic carbocycles. The second-order valence-electron chi connectivity index (χ2n) is 7.18. The van der Waals surface area contributed by atoms with Crippen LogP contribution in [0.15, 0.2) is 60.7 Å². The van der Waals surface area contributed by atoms with Gasteiger partial charge in [-0.25, -0.2) is 9.50 Å². The summed E-state index contributed by atoms with van der Waals surface area (Å²) in [6.07, 6.45) is 0.932. The topological polar surface area (TPSA) is 68.5 Å². The number of carbonyl (C=O) groups excluding carboxylic acids is 1. The Morgan fingerprint density at radius 1 is 1.07 bits per heavy atom. The van der Waals surface area contributed by atoms with E-state index in [2.05, 4.69) is 5.32 Å². The highest BCUT2D eigenvalue weighted by atomic mass is 16.5. The van der Waals surface area contributed by atoms with Crippen LogP contribution >= 0.6 is 0 Å². The second-order valence-corrected chi connectivity index (χ2v) is 7.18. The van der Waals surface area contributed by atoms with Crippen LogP contribution in [0.3, 0.4) is 0 Å². The van der Waals surface area contributed by atoms with E-state index in [-0.39, 0.29) is 5.91 Å². The molecule has 0 saturated heterocycles. The first-order valence-electron chi connectivity index (χ1n) is 9.91. The van der Waals surface area contributed by atoms with Crippen molar-refractivity contribution >= 4 is 17.2 Å². The van der Waals surface area contributed by atoms with Gasteiger partial charge in [-0.15, -0.1) is 0 Å². The van der Waals surface area contributed by atoms with Crippen molar-refractivity contribution < 1.29 is 9.53 Å². The van der Waals surface area contributed by atoms with Gasteiger partial charge >= 0.3 is 0 Å². The van der Waals surface area contributed by atoms with Crippen LogP contribution in [0, 0.1) is 13.8 Å². The first-order valence-corrected chi connectivity index (χ1v) is 9.91. The van der Waals surface area contributed by atoms with Crippen molar-refractivity contribution in [3.8, 4) is 17.0 Å². The van der Waals surface area contributed by atoms with Gasteiger partial charge in [-0.3, -0.25) is 4.79 Å². The molecule has 0 atom stereocenters. The molecule has 0 fully saturated rings. The van der Waals surface area contributed by atoms with E-state index in [1.165, 1.54) is 0 Å². The monoisotopic (exact) mass is 400 g/mol. The molecular weight excluding hydrogens is 376 g/mol. The minimum Gasteiger partial charge on any atom is -0.495 e. The van der Waals surface area contributed by atoms with Gasteiger partial charge in [-0.05, 0) is 38.0 Å². The molecule has 4 aromatic rings. The predicted molar refractivity (Wildman–Crippen MR) is 118 cm³/mol. The number of hydrogen-bond acceptors (Lipinski definition) is 4. The quantitative estimate of drug-likeness (QED) is 0.514. The van der Waals surface area contributed by atoms with Gasteiger partial charge in [0.2, 0.25) is 5.91 Å². The molecule has 0 saturated carbocycles. The Morgan fingerprint density at radius 3 is 2.57 bits per heavy atom. The van der Waals surface area contributed by atoms with Crippen molar-refractivity contribution in [1.29, 1.82) is 0 Å². The van der Waals surface area contributed by atoms with Crippen LogP contribution in [0.2, 0.25) is 0 Å². The zero-order valence-electron chi connectivity index (χ0n) is 17.3. The van der Waals surface area contributed by atoms with Crippen LogP contribution in [0.5, 0.6) is 5.75 Å². The SMILES string of the molecule is COc1ccccc1NC(=O)CCc1c(C)nc2cc(-c3ccccc3)nn2c1C. The van der Waals surface area contributed by atoms with Crippen LogP contribution in [0.4, 0.5) is 5.69 Å². The second kappa shape index (κ2) is 8.37. The number of para-hydroxylation sites is 2. The van der Waals surface area contributed by atoms with Crippen molar-refractivity contribution in [3.63, 3.8) is 0 Å². The van der Waals surface area contributed by atoms with Crippen LogP contribution in [0.1, 0.15) is 23.4 Å². The summed E-state index contributed by atoms with van der Waals surface area (Å²) >= 11 is 0. The van der Waals surface area contributed by atoms with E-state index < -0.39 is 0 Å². The number of nitrogens with zero attached hydrogens (tertiary/aromatic N) is 3. The number of aromatic nitrogens is 3. The highest BCUT2D eigenvalue weighted by Crippen LogP contribution is 2.25. The summed E-state index contributed by atoms with van der Waals surface area (Å²) in [7, 11) is 1.59. The minimum absolute atomic E-state index is 0.0659. The molecule has 0 radical (unpaired) electrons. The molecule has 1 N–H and O–H groups in total. The van der Waals surface area contributed by atoms with Crippen molar-refractivity contribution in [2.75, 3.05) is 12.4 Å². The Hall–Kier alpha value is -3.67. The number of anilines is 1. The van der Waals surface area contributed by atoms with E-state index in [0.717, 1.165) is 33.9 Å². The predicted octanol–water partition coefficient (Wildman–Crippen LogP) is 4.59. The lowest BCUT2D eigenvalue weighted by Gasteiger charge is -2.12. The molecule has 0 bridgehead atoms. The standard InChI is InChI=1S/C24H24N4O2/c1-16-19(13-14-24(29)26-20-11-7-8-12-22(20)30-3)17(2)28-23(25-16)15-21(27-28)18-9-5-4-6-10-18/h4-12,15H,13-14H2,1-3H3,(H,26,29). The lowest BCUT2D eigenvalue weighted by molar-refractivity contribution is -0.116. The summed E-state index contributed by atoms with van der Waals surface area (Å²) in [5.41, 5.74) is 6.39. The molecule has 0 aliphatic rings. The zero-order valence-corrected chi connectivity index (χ0v) is 17.3. The first-order chi connectivity index (χ1) is 14.6. The summed E-state index contributed by atoms with van der Waals surface area (Å²) in [5, 5.41) is 7.67.